The molecule has 0 spiro atoms. The lowest BCUT2D eigenvalue weighted by atomic mass is 10.1. The highest BCUT2D eigenvalue weighted by atomic mass is 32.2. The van der Waals surface area contributed by atoms with Gasteiger partial charge in [-0.3, -0.25) is 0 Å². The number of ether oxygens (including phenoxy) is 1. The van der Waals surface area contributed by atoms with E-state index in [-0.39, 0.29) is 27.6 Å². The summed E-state index contributed by atoms with van der Waals surface area (Å²) in [7, 11) is -3.88. The maximum atomic E-state index is 13.5. The van der Waals surface area contributed by atoms with Crippen molar-refractivity contribution in [2.45, 2.75) is 24.7 Å². The van der Waals surface area contributed by atoms with Crippen LogP contribution in [-0.2, 0) is 9.84 Å². The number of benzene rings is 2. The maximum absolute atomic E-state index is 13.5. The molecule has 6 nitrogen and oxygen atoms in total. The number of rotatable bonds is 8. The lowest BCUT2D eigenvalue weighted by Crippen LogP contribution is -2.10. The minimum absolute atomic E-state index is 0.125. The van der Waals surface area contributed by atoms with Gasteiger partial charge in [-0.25, -0.2) is 22.0 Å². The maximum Gasteiger partial charge on any atom is 0.335 e. The molecule has 2 rings (SSSR count). The van der Waals surface area contributed by atoms with Crippen molar-refractivity contribution >= 4 is 21.5 Å². The molecule has 0 unspecified atom stereocenters. The lowest BCUT2D eigenvalue weighted by Gasteiger charge is -2.17. The van der Waals surface area contributed by atoms with Crippen molar-refractivity contribution in [2.24, 2.45) is 0 Å². The lowest BCUT2D eigenvalue weighted by molar-refractivity contribution is 0.0696. The molecule has 2 aromatic carbocycles. The predicted molar refractivity (Wildman–Crippen MR) is 96.3 cm³/mol. The summed E-state index contributed by atoms with van der Waals surface area (Å²) < 4.78 is 56.5. The first-order chi connectivity index (χ1) is 12.6. The Morgan fingerprint density at radius 1 is 1.19 bits per heavy atom. The first-order valence-corrected chi connectivity index (χ1v) is 10.0. The van der Waals surface area contributed by atoms with Crippen LogP contribution in [0.4, 0.5) is 14.5 Å². The molecule has 0 saturated heterocycles. The second-order valence-electron chi connectivity index (χ2n) is 5.89. The van der Waals surface area contributed by atoms with Gasteiger partial charge in [0.2, 0.25) is 0 Å². The van der Waals surface area contributed by atoms with Gasteiger partial charge >= 0.3 is 5.97 Å². The summed E-state index contributed by atoms with van der Waals surface area (Å²) in [4.78, 5) is 11.0. The molecule has 0 bridgehead atoms. The Bertz CT molecular complexity index is 960. The zero-order valence-electron chi connectivity index (χ0n) is 14.8. The smallest absolute Gasteiger partial charge is 0.335 e. The third-order valence-electron chi connectivity index (χ3n) is 3.66. The summed E-state index contributed by atoms with van der Waals surface area (Å²) in [5, 5.41) is 12.2. The molecule has 0 radical (unpaired) electrons. The first kappa shape index (κ1) is 20.6. The van der Waals surface area contributed by atoms with Gasteiger partial charge in [-0.1, -0.05) is 13.3 Å². The number of anilines is 1. The predicted octanol–water partition coefficient (Wildman–Crippen LogP) is 4.07. The molecule has 0 amide bonds. The van der Waals surface area contributed by atoms with Crippen LogP contribution < -0.4 is 10.1 Å². The van der Waals surface area contributed by atoms with E-state index in [9.17, 15) is 27.1 Å². The molecule has 2 aromatic rings. The molecule has 0 heterocycles. The van der Waals surface area contributed by atoms with Crippen molar-refractivity contribution in [2.75, 3.05) is 18.1 Å². The number of carboxylic acid groups (broad SMARTS) is 1. The van der Waals surface area contributed by atoms with E-state index in [4.69, 9.17) is 4.74 Å². The average molecular weight is 399 g/mol. The molecule has 27 heavy (non-hydrogen) atoms. The van der Waals surface area contributed by atoms with E-state index >= 15 is 0 Å². The van der Waals surface area contributed by atoms with E-state index in [2.05, 4.69) is 5.32 Å². The van der Waals surface area contributed by atoms with E-state index < -0.39 is 27.4 Å². The third-order valence-corrected chi connectivity index (χ3v) is 4.76. The molecule has 0 fully saturated rings. The van der Waals surface area contributed by atoms with Gasteiger partial charge in [-0.15, -0.1) is 0 Å². The molecule has 2 N–H and O–H groups in total. The van der Waals surface area contributed by atoms with Crippen molar-refractivity contribution in [1.29, 1.82) is 0 Å². The van der Waals surface area contributed by atoms with E-state index in [1.165, 1.54) is 6.07 Å². The quantitative estimate of drug-likeness (QED) is 0.650. The van der Waals surface area contributed by atoms with Crippen LogP contribution in [0.25, 0.3) is 0 Å². The van der Waals surface area contributed by atoms with E-state index in [0.29, 0.717) is 6.54 Å². The minimum Gasteiger partial charge on any atom is -0.478 e. The van der Waals surface area contributed by atoms with Crippen LogP contribution in [0.2, 0.25) is 0 Å². The Morgan fingerprint density at radius 3 is 2.44 bits per heavy atom. The van der Waals surface area contributed by atoms with Gasteiger partial charge in [0.05, 0.1) is 11.3 Å². The zero-order valence-corrected chi connectivity index (χ0v) is 15.6. The normalized spacial score (nSPS) is 11.3. The van der Waals surface area contributed by atoms with Crippen LogP contribution in [0.1, 0.15) is 30.1 Å². The number of nitrogens with one attached hydrogen (secondary N) is 1. The van der Waals surface area contributed by atoms with Crippen molar-refractivity contribution in [3.8, 4) is 11.5 Å². The molecule has 146 valence electrons. The van der Waals surface area contributed by atoms with Crippen molar-refractivity contribution in [3.05, 3.63) is 47.5 Å². The molecule has 0 atom stereocenters. The third kappa shape index (κ3) is 5.16. The Balaban J connectivity index is 2.62. The molecule has 9 heteroatoms. The van der Waals surface area contributed by atoms with Crippen molar-refractivity contribution in [1.82, 2.24) is 0 Å². The van der Waals surface area contributed by atoms with Crippen LogP contribution in [0.3, 0.4) is 0 Å². The number of halogens is 2. The van der Waals surface area contributed by atoms with Crippen LogP contribution in [0.15, 0.2) is 35.2 Å². The Labute approximate surface area is 155 Å². The Kier molecular flexibility index (Phi) is 6.37. The Hall–Kier alpha value is -2.68. The van der Waals surface area contributed by atoms with Crippen LogP contribution in [0.5, 0.6) is 11.5 Å². The van der Waals surface area contributed by atoms with Crippen LogP contribution in [-0.4, -0.2) is 32.3 Å². The summed E-state index contributed by atoms with van der Waals surface area (Å²) in [6, 6.07) is 4.98. The summed E-state index contributed by atoms with van der Waals surface area (Å²) in [6.07, 6.45) is 2.50. The standard InChI is InChI=1S/C18H19F2NO5S/c1-3-4-7-21-15-8-11(18(22)23)9-16(27(2,24)25)17(15)26-12-5-6-13(19)14(20)10-12/h5-6,8-10,21H,3-4,7H2,1-2H3,(H,22,23). The summed E-state index contributed by atoms with van der Waals surface area (Å²) in [5.74, 6) is -3.84. The van der Waals surface area contributed by atoms with Gasteiger partial charge in [-0.2, -0.15) is 0 Å². The van der Waals surface area contributed by atoms with Gasteiger partial charge in [0.15, 0.2) is 27.2 Å². The number of unbranched alkanes of at least 4 members (excludes halogenated alkanes) is 1. The fraction of sp³-hybridized carbons (Fsp3) is 0.278. The fourth-order valence-electron chi connectivity index (χ4n) is 2.30. The van der Waals surface area contributed by atoms with Crippen molar-refractivity contribution < 1.29 is 31.8 Å². The number of hydrogen-bond donors (Lipinski definition) is 2. The van der Waals surface area contributed by atoms with Crippen LogP contribution >= 0.6 is 0 Å². The second-order valence-corrected chi connectivity index (χ2v) is 7.87. The summed E-state index contributed by atoms with van der Waals surface area (Å²) in [6.45, 7) is 2.40. The minimum atomic E-state index is -3.88. The highest BCUT2D eigenvalue weighted by Gasteiger charge is 2.23. The highest BCUT2D eigenvalue weighted by Crippen LogP contribution is 2.38. The Morgan fingerprint density at radius 2 is 1.89 bits per heavy atom. The fourth-order valence-corrected chi connectivity index (χ4v) is 3.13. The van der Waals surface area contributed by atoms with Crippen molar-refractivity contribution in [3.63, 3.8) is 0 Å². The first-order valence-electron chi connectivity index (χ1n) is 8.11. The number of hydrogen-bond acceptors (Lipinski definition) is 5. The number of carbonyl (C=O) groups is 1. The van der Waals surface area contributed by atoms with Gasteiger partial charge in [0.1, 0.15) is 10.6 Å². The molecule has 0 aliphatic carbocycles. The van der Waals surface area contributed by atoms with Gasteiger partial charge in [-0.05, 0) is 30.7 Å². The van der Waals surface area contributed by atoms with E-state index in [1.54, 1.807) is 0 Å². The average Bonchev–Trinajstić information content (AvgIpc) is 2.58. The van der Waals surface area contributed by atoms with Gasteiger partial charge in [0, 0.05) is 18.9 Å². The van der Waals surface area contributed by atoms with Crippen LogP contribution in [0, 0.1) is 11.6 Å². The molecule has 0 saturated carbocycles. The number of carboxylic acids is 1. The zero-order chi connectivity index (χ0) is 20.2. The largest absolute Gasteiger partial charge is 0.478 e. The number of aromatic carboxylic acids is 1. The molecule has 0 aromatic heterocycles. The SMILES string of the molecule is CCCCNc1cc(C(=O)O)cc(S(C)(=O)=O)c1Oc1ccc(F)c(F)c1. The van der Waals surface area contributed by atoms with E-state index in [1.807, 2.05) is 6.92 Å². The van der Waals surface area contributed by atoms with Gasteiger partial charge < -0.3 is 15.2 Å². The summed E-state index contributed by atoms with van der Waals surface area (Å²) >= 11 is 0. The summed E-state index contributed by atoms with van der Waals surface area (Å²) in [5.41, 5.74) is -0.111. The molecular formula is C18H19F2NO5S. The molecule has 0 aliphatic rings. The second kappa shape index (κ2) is 8.34. The highest BCUT2D eigenvalue weighted by molar-refractivity contribution is 7.90. The monoisotopic (exact) mass is 399 g/mol. The molecular weight excluding hydrogens is 380 g/mol. The topological polar surface area (TPSA) is 92.7 Å². The number of sulfone groups is 1. The van der Waals surface area contributed by atoms with Gasteiger partial charge in [0.25, 0.3) is 0 Å². The molecule has 0 aliphatic heterocycles. The van der Waals surface area contributed by atoms with E-state index in [0.717, 1.165) is 43.4 Å².